The Morgan fingerprint density at radius 2 is 1.86 bits per heavy atom. The number of piperidine rings is 1. The molecule has 0 unspecified atom stereocenters. The van der Waals surface area contributed by atoms with Crippen molar-refractivity contribution in [2.24, 2.45) is 5.41 Å². The molecule has 6 nitrogen and oxygen atoms in total. The Kier molecular flexibility index (Phi) is 3.55. The molecule has 2 aromatic rings. The summed E-state index contributed by atoms with van der Waals surface area (Å²) in [6.07, 6.45) is 3.00. The van der Waals surface area contributed by atoms with Gasteiger partial charge in [0.2, 0.25) is 0 Å². The van der Waals surface area contributed by atoms with Gasteiger partial charge in [-0.05, 0) is 49.9 Å². The number of aryl methyl sites for hydroxylation is 1. The number of carbonyl (C=O) groups excluding carboxylic acids is 2. The molecule has 4 heterocycles. The van der Waals surface area contributed by atoms with E-state index in [1.807, 2.05) is 13.0 Å². The van der Waals surface area contributed by atoms with Gasteiger partial charge in [-0.15, -0.1) is 0 Å². The Labute approximate surface area is 163 Å². The first-order valence-electron chi connectivity index (χ1n) is 9.94. The summed E-state index contributed by atoms with van der Waals surface area (Å²) < 4.78 is 11.2. The Balaban J connectivity index is 1.70. The maximum Gasteiger partial charge on any atom is 0.329 e. The third-order valence-corrected chi connectivity index (χ3v) is 6.24. The van der Waals surface area contributed by atoms with Gasteiger partial charge in [-0.2, -0.15) is 0 Å². The lowest BCUT2D eigenvalue weighted by molar-refractivity contribution is -0.253. The van der Waals surface area contributed by atoms with Gasteiger partial charge in [0, 0.05) is 32.2 Å². The number of benzene rings is 1. The van der Waals surface area contributed by atoms with Gasteiger partial charge in [-0.3, -0.25) is 9.59 Å². The van der Waals surface area contributed by atoms with Crippen LogP contribution in [0.25, 0.3) is 10.9 Å². The summed E-state index contributed by atoms with van der Waals surface area (Å²) in [4.78, 5) is 33.5. The summed E-state index contributed by atoms with van der Waals surface area (Å²) in [6.45, 7) is 6.01. The SMILES string of the molecule is Cc1ccc2nc3c(cc2c1)CC1(C(=O)OC(C)(C)OC1=O)[C@@H]1CCCCN31. The average molecular weight is 380 g/mol. The molecule has 1 spiro atoms. The summed E-state index contributed by atoms with van der Waals surface area (Å²) in [5.74, 6) is -1.28. The molecule has 0 bridgehead atoms. The van der Waals surface area contributed by atoms with Crippen molar-refractivity contribution in [3.05, 3.63) is 35.4 Å². The Morgan fingerprint density at radius 1 is 1.11 bits per heavy atom. The number of ether oxygens (including phenoxy) is 2. The average Bonchev–Trinajstić information content (AvgIpc) is 2.64. The minimum Gasteiger partial charge on any atom is -0.422 e. The molecule has 3 aliphatic rings. The molecule has 2 saturated heterocycles. The van der Waals surface area contributed by atoms with Crippen LogP contribution in [0.2, 0.25) is 0 Å². The summed E-state index contributed by atoms with van der Waals surface area (Å²) >= 11 is 0. The van der Waals surface area contributed by atoms with Crippen LogP contribution in [-0.2, 0) is 25.5 Å². The van der Waals surface area contributed by atoms with Crippen LogP contribution in [0.5, 0.6) is 0 Å². The molecule has 6 heteroatoms. The molecule has 1 aromatic carbocycles. The molecule has 146 valence electrons. The molecule has 0 aliphatic carbocycles. The highest BCUT2D eigenvalue weighted by Gasteiger charge is 2.64. The Morgan fingerprint density at radius 3 is 2.61 bits per heavy atom. The topological polar surface area (TPSA) is 68.7 Å². The lowest BCUT2D eigenvalue weighted by Crippen LogP contribution is -2.67. The quantitative estimate of drug-likeness (QED) is 0.516. The number of nitrogens with zero attached hydrogens (tertiary/aromatic N) is 2. The molecule has 5 rings (SSSR count). The van der Waals surface area contributed by atoms with Crippen molar-refractivity contribution in [3.63, 3.8) is 0 Å². The second-order valence-corrected chi connectivity index (χ2v) is 8.70. The van der Waals surface area contributed by atoms with E-state index in [0.29, 0.717) is 0 Å². The lowest BCUT2D eigenvalue weighted by Gasteiger charge is -2.52. The fourth-order valence-electron chi connectivity index (χ4n) is 4.97. The predicted molar refractivity (Wildman–Crippen MR) is 104 cm³/mol. The number of anilines is 1. The summed E-state index contributed by atoms with van der Waals surface area (Å²) in [5, 5.41) is 1.02. The van der Waals surface area contributed by atoms with Crippen molar-refractivity contribution in [2.45, 2.75) is 58.3 Å². The molecule has 0 amide bonds. The number of aromatic nitrogens is 1. The number of cyclic esters (lactones) is 2. The molecule has 0 N–H and O–H groups in total. The minimum atomic E-state index is -1.32. The van der Waals surface area contributed by atoms with Gasteiger partial charge >= 0.3 is 11.9 Å². The van der Waals surface area contributed by atoms with E-state index >= 15 is 0 Å². The van der Waals surface area contributed by atoms with Crippen molar-refractivity contribution in [2.75, 3.05) is 11.4 Å². The Bertz CT molecular complexity index is 993. The fraction of sp³-hybridized carbons (Fsp3) is 0.500. The monoisotopic (exact) mass is 380 g/mol. The number of rotatable bonds is 0. The molecule has 0 radical (unpaired) electrons. The molecule has 2 fully saturated rings. The van der Waals surface area contributed by atoms with E-state index in [0.717, 1.165) is 53.7 Å². The van der Waals surface area contributed by atoms with Gasteiger partial charge in [0.05, 0.1) is 11.6 Å². The van der Waals surface area contributed by atoms with Crippen LogP contribution in [0.1, 0.15) is 44.2 Å². The number of carbonyl (C=O) groups is 2. The van der Waals surface area contributed by atoms with Crippen molar-refractivity contribution in [1.29, 1.82) is 0 Å². The summed E-state index contributed by atoms with van der Waals surface area (Å²) in [7, 11) is 0. The lowest BCUT2D eigenvalue weighted by atomic mass is 9.68. The van der Waals surface area contributed by atoms with Gasteiger partial charge in [0.25, 0.3) is 5.79 Å². The maximum atomic E-state index is 13.2. The van der Waals surface area contributed by atoms with Crippen molar-refractivity contribution in [3.8, 4) is 0 Å². The van der Waals surface area contributed by atoms with Crippen molar-refractivity contribution in [1.82, 2.24) is 4.98 Å². The standard InChI is InChI=1S/C22H24N2O4/c1-13-7-8-16-14(10-13)11-15-12-22(19(25)27-21(2,3)28-20(22)26)17-6-4-5-9-24(17)18(15)23-16/h7-8,10-11,17H,4-6,9,12H2,1-3H3/t17-/m0/s1. The zero-order chi connectivity index (χ0) is 19.7. The van der Waals surface area contributed by atoms with E-state index < -0.39 is 23.1 Å². The number of hydrogen-bond donors (Lipinski definition) is 0. The second kappa shape index (κ2) is 5.69. The van der Waals surface area contributed by atoms with Crippen LogP contribution in [0.4, 0.5) is 5.82 Å². The molecular formula is C22H24N2O4. The minimum absolute atomic E-state index is 0.272. The first-order chi connectivity index (χ1) is 13.3. The van der Waals surface area contributed by atoms with E-state index in [9.17, 15) is 9.59 Å². The van der Waals surface area contributed by atoms with Crippen molar-refractivity contribution < 1.29 is 19.1 Å². The van der Waals surface area contributed by atoms with Crippen LogP contribution >= 0.6 is 0 Å². The van der Waals surface area contributed by atoms with Gasteiger partial charge in [0.15, 0.2) is 5.41 Å². The largest absolute Gasteiger partial charge is 0.422 e. The van der Waals surface area contributed by atoms with Gasteiger partial charge in [-0.25, -0.2) is 4.98 Å². The zero-order valence-electron chi connectivity index (χ0n) is 16.4. The maximum absolute atomic E-state index is 13.2. The third-order valence-electron chi connectivity index (χ3n) is 6.24. The van der Waals surface area contributed by atoms with Gasteiger partial charge in [0.1, 0.15) is 5.82 Å². The van der Waals surface area contributed by atoms with E-state index in [1.54, 1.807) is 13.8 Å². The van der Waals surface area contributed by atoms with Gasteiger partial charge < -0.3 is 14.4 Å². The first kappa shape index (κ1) is 17.5. The number of hydrogen-bond acceptors (Lipinski definition) is 6. The van der Waals surface area contributed by atoms with E-state index in [1.165, 1.54) is 0 Å². The zero-order valence-corrected chi connectivity index (χ0v) is 16.4. The highest BCUT2D eigenvalue weighted by Crippen LogP contribution is 2.49. The third kappa shape index (κ3) is 2.36. The number of pyridine rings is 1. The van der Waals surface area contributed by atoms with Crippen LogP contribution in [0, 0.1) is 12.3 Å². The normalized spacial score (nSPS) is 25.1. The highest BCUT2D eigenvalue weighted by molar-refractivity contribution is 6.04. The molecule has 3 aliphatic heterocycles. The van der Waals surface area contributed by atoms with Gasteiger partial charge in [-0.1, -0.05) is 11.6 Å². The fourth-order valence-corrected chi connectivity index (χ4v) is 4.97. The predicted octanol–water partition coefficient (Wildman–Crippen LogP) is 3.28. The van der Waals surface area contributed by atoms with E-state index in [-0.39, 0.29) is 12.5 Å². The molecule has 1 atom stereocenters. The molecule has 1 aromatic heterocycles. The van der Waals surface area contributed by atoms with Crippen molar-refractivity contribution >= 4 is 28.7 Å². The first-order valence-corrected chi connectivity index (χ1v) is 9.94. The molecular weight excluding hydrogens is 356 g/mol. The number of esters is 2. The van der Waals surface area contributed by atoms with E-state index in [4.69, 9.17) is 14.5 Å². The van der Waals surface area contributed by atoms with E-state index in [2.05, 4.69) is 23.1 Å². The van der Waals surface area contributed by atoms with Crippen LogP contribution < -0.4 is 4.90 Å². The second-order valence-electron chi connectivity index (χ2n) is 8.70. The van der Waals surface area contributed by atoms with Crippen LogP contribution in [-0.4, -0.2) is 35.3 Å². The van der Waals surface area contributed by atoms with Crippen LogP contribution in [0.3, 0.4) is 0 Å². The highest BCUT2D eigenvalue weighted by atomic mass is 16.7. The summed E-state index contributed by atoms with van der Waals surface area (Å²) in [6, 6.07) is 7.95. The smallest absolute Gasteiger partial charge is 0.329 e. The Hall–Kier alpha value is -2.63. The summed E-state index contributed by atoms with van der Waals surface area (Å²) in [5.41, 5.74) is 1.67. The molecule has 28 heavy (non-hydrogen) atoms. The number of fused-ring (bicyclic) bond motifs is 5. The van der Waals surface area contributed by atoms with Crippen LogP contribution in [0.15, 0.2) is 24.3 Å². The molecule has 0 saturated carbocycles.